The molecule has 2 aromatic rings. The lowest BCUT2D eigenvalue weighted by Gasteiger charge is -2.12. The second-order valence-corrected chi connectivity index (χ2v) is 4.48. The molecular formula is C13H13ClFN3O. The van der Waals surface area contributed by atoms with Gasteiger partial charge in [-0.2, -0.15) is 5.10 Å². The first-order valence-electron chi connectivity index (χ1n) is 5.68. The summed E-state index contributed by atoms with van der Waals surface area (Å²) in [6, 6.07) is 4.08. The van der Waals surface area contributed by atoms with Gasteiger partial charge in [-0.05, 0) is 31.5 Å². The Morgan fingerprint density at radius 2 is 2.05 bits per heavy atom. The maximum atomic E-state index is 13.1. The van der Waals surface area contributed by atoms with Gasteiger partial charge >= 0.3 is 0 Å². The fourth-order valence-electron chi connectivity index (χ4n) is 1.61. The van der Waals surface area contributed by atoms with E-state index in [1.54, 1.807) is 0 Å². The molecule has 19 heavy (non-hydrogen) atoms. The molecule has 0 atom stereocenters. The maximum Gasteiger partial charge on any atom is 0.243 e. The molecule has 1 aromatic heterocycles. The highest BCUT2D eigenvalue weighted by molar-refractivity contribution is 6.30. The summed E-state index contributed by atoms with van der Waals surface area (Å²) in [5.41, 5.74) is 8.19. The van der Waals surface area contributed by atoms with Crippen LogP contribution in [0.5, 0.6) is 11.6 Å². The van der Waals surface area contributed by atoms with Crippen molar-refractivity contribution in [3.63, 3.8) is 0 Å². The minimum Gasteiger partial charge on any atom is -0.437 e. The molecule has 1 aromatic carbocycles. The summed E-state index contributed by atoms with van der Waals surface area (Å²) in [4.78, 5) is 0. The summed E-state index contributed by atoms with van der Waals surface area (Å²) in [6.07, 6.45) is 0. The fraction of sp³-hybridized carbons (Fsp3) is 0.231. The van der Waals surface area contributed by atoms with E-state index in [-0.39, 0.29) is 11.6 Å². The van der Waals surface area contributed by atoms with Crippen LogP contribution in [0.3, 0.4) is 0 Å². The van der Waals surface area contributed by atoms with Crippen LogP contribution in [0.25, 0.3) is 0 Å². The van der Waals surface area contributed by atoms with Crippen molar-refractivity contribution in [2.75, 3.05) is 0 Å². The van der Waals surface area contributed by atoms with E-state index < -0.39 is 5.82 Å². The molecule has 0 saturated heterocycles. The van der Waals surface area contributed by atoms with Gasteiger partial charge < -0.3 is 10.5 Å². The number of aryl methyl sites for hydroxylation is 1. The molecule has 2 rings (SSSR count). The van der Waals surface area contributed by atoms with Gasteiger partial charge in [0.25, 0.3) is 0 Å². The number of ether oxygens (including phenoxy) is 1. The highest BCUT2D eigenvalue weighted by Crippen LogP contribution is 2.28. The summed E-state index contributed by atoms with van der Waals surface area (Å²) < 4.78 is 18.6. The second-order valence-electron chi connectivity index (χ2n) is 4.08. The molecule has 0 amide bonds. The monoisotopic (exact) mass is 281 g/mol. The predicted octanol–water partition coefficient (Wildman–Crippen LogP) is 3.14. The molecule has 4 nitrogen and oxygen atoms in total. The third kappa shape index (κ3) is 2.83. The number of nitrogens with two attached hydrogens (primary N) is 1. The quantitative estimate of drug-likeness (QED) is 0.939. The van der Waals surface area contributed by atoms with E-state index in [1.165, 1.54) is 18.2 Å². The van der Waals surface area contributed by atoms with E-state index >= 15 is 0 Å². The topological polar surface area (TPSA) is 61.0 Å². The van der Waals surface area contributed by atoms with E-state index in [9.17, 15) is 4.39 Å². The number of halogens is 2. The third-order valence-corrected chi connectivity index (χ3v) is 3.14. The zero-order chi connectivity index (χ0) is 14.0. The maximum absolute atomic E-state index is 13.1. The number of rotatable bonds is 3. The first-order valence-corrected chi connectivity index (χ1v) is 6.06. The van der Waals surface area contributed by atoms with Crippen LogP contribution in [-0.2, 0) is 6.54 Å². The molecule has 0 unspecified atom stereocenters. The predicted molar refractivity (Wildman–Crippen MR) is 70.9 cm³/mol. The van der Waals surface area contributed by atoms with Crippen LogP contribution in [0.2, 0.25) is 5.02 Å². The highest BCUT2D eigenvalue weighted by atomic mass is 35.5. The average Bonchev–Trinajstić information content (AvgIpc) is 2.39. The van der Waals surface area contributed by atoms with Gasteiger partial charge in [-0.1, -0.05) is 11.6 Å². The van der Waals surface area contributed by atoms with Gasteiger partial charge in [-0.15, -0.1) is 5.10 Å². The Morgan fingerprint density at radius 3 is 2.68 bits per heavy atom. The van der Waals surface area contributed by atoms with Crippen molar-refractivity contribution >= 4 is 11.6 Å². The van der Waals surface area contributed by atoms with Gasteiger partial charge in [0, 0.05) is 18.2 Å². The Labute approximate surface area is 115 Å². The van der Waals surface area contributed by atoms with E-state index in [0.717, 1.165) is 16.8 Å². The molecule has 0 aliphatic rings. The molecular weight excluding hydrogens is 269 g/mol. The van der Waals surface area contributed by atoms with Crippen LogP contribution in [0, 0.1) is 19.7 Å². The molecule has 1 heterocycles. The Bertz CT molecular complexity index is 619. The lowest BCUT2D eigenvalue weighted by Crippen LogP contribution is -2.07. The highest BCUT2D eigenvalue weighted by Gasteiger charge is 2.12. The van der Waals surface area contributed by atoms with Gasteiger partial charge in [0.2, 0.25) is 5.88 Å². The van der Waals surface area contributed by atoms with Crippen molar-refractivity contribution in [1.82, 2.24) is 10.2 Å². The lowest BCUT2D eigenvalue weighted by atomic mass is 10.1. The minimum atomic E-state index is -0.501. The van der Waals surface area contributed by atoms with Crippen molar-refractivity contribution in [2.24, 2.45) is 5.73 Å². The number of hydrogen-bond acceptors (Lipinski definition) is 4. The second kappa shape index (κ2) is 5.50. The van der Waals surface area contributed by atoms with E-state index in [2.05, 4.69) is 10.2 Å². The van der Waals surface area contributed by atoms with Crippen molar-refractivity contribution < 1.29 is 9.13 Å². The lowest BCUT2D eigenvalue weighted by molar-refractivity contribution is 0.445. The minimum absolute atomic E-state index is 0.0106. The first kappa shape index (κ1) is 13.7. The Balaban J connectivity index is 2.38. The van der Waals surface area contributed by atoms with Gasteiger partial charge in [0.05, 0.1) is 10.7 Å². The molecule has 100 valence electrons. The summed E-state index contributed by atoms with van der Waals surface area (Å²) >= 11 is 5.69. The number of benzene rings is 1. The summed E-state index contributed by atoms with van der Waals surface area (Å²) in [6.45, 7) is 4.03. The van der Waals surface area contributed by atoms with E-state index in [1.807, 2.05) is 13.8 Å². The van der Waals surface area contributed by atoms with Gasteiger partial charge in [0.1, 0.15) is 11.6 Å². The van der Waals surface area contributed by atoms with Gasteiger partial charge in [0.15, 0.2) is 0 Å². The molecule has 0 bridgehead atoms. The Kier molecular flexibility index (Phi) is 3.97. The molecule has 0 aliphatic carbocycles. The van der Waals surface area contributed by atoms with Crippen molar-refractivity contribution in [1.29, 1.82) is 0 Å². The van der Waals surface area contributed by atoms with E-state index in [0.29, 0.717) is 11.6 Å². The van der Waals surface area contributed by atoms with E-state index in [4.69, 9.17) is 22.1 Å². The normalized spacial score (nSPS) is 10.6. The standard InChI is InChI=1S/C13H13ClFN3O/c1-7-8(2)17-18-13(10(7)6-16)19-9-3-4-12(15)11(14)5-9/h3-5H,6,16H2,1-2H3. The van der Waals surface area contributed by atoms with Crippen molar-refractivity contribution in [2.45, 2.75) is 20.4 Å². The van der Waals surface area contributed by atoms with Crippen LogP contribution >= 0.6 is 11.6 Å². The molecule has 0 radical (unpaired) electrons. The molecule has 6 heteroatoms. The number of aromatic nitrogens is 2. The average molecular weight is 282 g/mol. The first-order chi connectivity index (χ1) is 9.02. The number of nitrogens with zero attached hydrogens (tertiary/aromatic N) is 2. The van der Waals surface area contributed by atoms with Crippen LogP contribution in [-0.4, -0.2) is 10.2 Å². The Hall–Kier alpha value is -1.72. The molecule has 0 fully saturated rings. The van der Waals surface area contributed by atoms with Crippen LogP contribution in [0.4, 0.5) is 4.39 Å². The molecule has 2 N–H and O–H groups in total. The molecule has 0 saturated carbocycles. The zero-order valence-corrected chi connectivity index (χ0v) is 11.3. The van der Waals surface area contributed by atoms with Gasteiger partial charge in [-0.25, -0.2) is 4.39 Å². The van der Waals surface area contributed by atoms with Gasteiger partial charge in [-0.3, -0.25) is 0 Å². The zero-order valence-electron chi connectivity index (χ0n) is 10.6. The SMILES string of the molecule is Cc1nnc(Oc2ccc(F)c(Cl)c2)c(CN)c1C. The Morgan fingerprint density at radius 1 is 1.32 bits per heavy atom. The third-order valence-electron chi connectivity index (χ3n) is 2.85. The molecule has 0 aliphatic heterocycles. The smallest absolute Gasteiger partial charge is 0.243 e. The van der Waals surface area contributed by atoms with Crippen LogP contribution in [0.15, 0.2) is 18.2 Å². The number of hydrogen-bond donors (Lipinski definition) is 1. The summed E-state index contributed by atoms with van der Waals surface area (Å²) in [5, 5.41) is 7.94. The summed E-state index contributed by atoms with van der Waals surface area (Å²) in [5.74, 6) is 0.200. The largest absolute Gasteiger partial charge is 0.437 e. The van der Waals surface area contributed by atoms with Crippen molar-refractivity contribution in [3.05, 3.63) is 45.9 Å². The molecule has 0 spiro atoms. The van der Waals surface area contributed by atoms with Crippen LogP contribution < -0.4 is 10.5 Å². The van der Waals surface area contributed by atoms with Crippen molar-refractivity contribution in [3.8, 4) is 11.6 Å². The summed E-state index contributed by atoms with van der Waals surface area (Å²) in [7, 11) is 0. The van der Waals surface area contributed by atoms with Crippen LogP contribution in [0.1, 0.15) is 16.8 Å². The fourth-order valence-corrected chi connectivity index (χ4v) is 1.78.